The zero-order chi connectivity index (χ0) is 19.5. The lowest BCUT2D eigenvalue weighted by Gasteiger charge is -2.13. The molecule has 0 aliphatic heterocycles. The molecule has 0 amide bonds. The molecule has 2 N–H and O–H groups in total. The first-order valence-electron chi connectivity index (χ1n) is 9.10. The van der Waals surface area contributed by atoms with Gasteiger partial charge in [-0.1, -0.05) is 23.8 Å². The largest absolute Gasteiger partial charge is 0.309 e. The Morgan fingerprint density at radius 1 is 1.21 bits per heavy atom. The molecule has 0 unspecified atom stereocenters. The molecular formula is C21H21N3OS3. The molecule has 3 heterocycles. The van der Waals surface area contributed by atoms with Gasteiger partial charge in [-0.3, -0.25) is 4.79 Å². The first kappa shape index (κ1) is 19.4. The van der Waals surface area contributed by atoms with Crippen molar-refractivity contribution in [2.24, 2.45) is 0 Å². The molecule has 4 nitrogen and oxygen atoms in total. The van der Waals surface area contributed by atoms with Crippen LogP contribution in [0.2, 0.25) is 0 Å². The number of aromatic nitrogens is 2. The molecule has 4 aromatic rings. The molecule has 0 aliphatic rings. The van der Waals surface area contributed by atoms with Gasteiger partial charge in [-0.25, -0.2) is 4.98 Å². The van der Waals surface area contributed by atoms with E-state index in [1.807, 2.05) is 41.6 Å². The van der Waals surface area contributed by atoms with Gasteiger partial charge in [0.05, 0.1) is 11.4 Å². The molecule has 0 radical (unpaired) electrons. The quantitative estimate of drug-likeness (QED) is 0.303. The van der Waals surface area contributed by atoms with E-state index >= 15 is 0 Å². The molecule has 4 rings (SSSR count). The number of hydrogen-bond donors (Lipinski definition) is 2. The van der Waals surface area contributed by atoms with Crippen LogP contribution in [-0.4, -0.2) is 22.3 Å². The van der Waals surface area contributed by atoms with E-state index in [1.54, 1.807) is 11.3 Å². The van der Waals surface area contributed by atoms with Crippen molar-refractivity contribution in [3.63, 3.8) is 0 Å². The first-order chi connectivity index (χ1) is 13.6. The molecule has 1 aromatic carbocycles. The summed E-state index contributed by atoms with van der Waals surface area (Å²) in [6.07, 6.45) is 0. The monoisotopic (exact) mass is 427 g/mol. The van der Waals surface area contributed by atoms with Gasteiger partial charge in [0.1, 0.15) is 10.7 Å². The van der Waals surface area contributed by atoms with Crippen LogP contribution in [0.4, 0.5) is 0 Å². The third kappa shape index (κ3) is 4.22. The smallest absolute Gasteiger partial charge is 0.260 e. The lowest BCUT2D eigenvalue weighted by molar-refractivity contribution is 0.570. The number of thioether (sulfide) groups is 1. The van der Waals surface area contributed by atoms with Crippen LogP contribution in [-0.2, 0) is 0 Å². The summed E-state index contributed by atoms with van der Waals surface area (Å²) in [7, 11) is 0. The number of nitrogens with one attached hydrogen (secondary N) is 2. The highest BCUT2D eigenvalue weighted by Gasteiger charge is 2.16. The Bertz CT molecular complexity index is 1110. The highest BCUT2D eigenvalue weighted by Crippen LogP contribution is 2.33. The zero-order valence-electron chi connectivity index (χ0n) is 15.7. The molecule has 0 spiro atoms. The fraction of sp³-hybridized carbons (Fsp3) is 0.238. The average molecular weight is 428 g/mol. The fourth-order valence-electron chi connectivity index (χ4n) is 2.96. The van der Waals surface area contributed by atoms with E-state index in [-0.39, 0.29) is 11.6 Å². The summed E-state index contributed by atoms with van der Waals surface area (Å²) in [5.74, 6) is 1.65. The molecule has 3 aromatic heterocycles. The number of H-pyrrole nitrogens is 1. The number of thiophene rings is 2. The fourth-order valence-corrected chi connectivity index (χ4v) is 5.51. The lowest BCUT2D eigenvalue weighted by Crippen LogP contribution is -2.25. The third-order valence-electron chi connectivity index (χ3n) is 4.50. The van der Waals surface area contributed by atoms with E-state index in [2.05, 4.69) is 41.5 Å². The minimum absolute atomic E-state index is 0.0111. The number of nitrogens with zero attached hydrogens (tertiary/aromatic N) is 1. The molecule has 28 heavy (non-hydrogen) atoms. The van der Waals surface area contributed by atoms with Gasteiger partial charge in [-0.15, -0.1) is 34.4 Å². The normalized spacial score (nSPS) is 12.5. The maximum atomic E-state index is 12.7. The summed E-state index contributed by atoms with van der Waals surface area (Å²) in [5, 5.41) is 8.20. The summed E-state index contributed by atoms with van der Waals surface area (Å²) < 4.78 is 0. The van der Waals surface area contributed by atoms with Crippen molar-refractivity contribution >= 4 is 44.7 Å². The SMILES string of the molecule is Cc1ccc(SCCN[C@@H](C)c2nc3scc(-c4cccs4)c3c(=O)[nH]2)cc1. The van der Waals surface area contributed by atoms with Crippen molar-refractivity contribution < 1.29 is 0 Å². The second kappa shape index (κ2) is 8.61. The van der Waals surface area contributed by atoms with Crippen LogP contribution < -0.4 is 10.9 Å². The Morgan fingerprint density at radius 2 is 2.04 bits per heavy atom. The van der Waals surface area contributed by atoms with E-state index < -0.39 is 0 Å². The van der Waals surface area contributed by atoms with Crippen molar-refractivity contribution in [1.29, 1.82) is 0 Å². The summed E-state index contributed by atoms with van der Waals surface area (Å²) in [4.78, 5) is 23.6. The Kier molecular flexibility index (Phi) is 5.96. The summed E-state index contributed by atoms with van der Waals surface area (Å²) in [5.41, 5.74) is 2.19. The highest BCUT2D eigenvalue weighted by molar-refractivity contribution is 7.99. The molecular weight excluding hydrogens is 406 g/mol. The van der Waals surface area contributed by atoms with Gasteiger partial charge in [-0.2, -0.15) is 0 Å². The van der Waals surface area contributed by atoms with Crippen LogP contribution in [0.1, 0.15) is 24.4 Å². The third-order valence-corrected chi connectivity index (χ3v) is 7.29. The van der Waals surface area contributed by atoms with Gasteiger partial charge >= 0.3 is 0 Å². The molecule has 0 fully saturated rings. The second-order valence-corrected chi connectivity index (χ2v) is 9.57. The Balaban J connectivity index is 1.42. The van der Waals surface area contributed by atoms with Crippen molar-refractivity contribution in [3.8, 4) is 10.4 Å². The van der Waals surface area contributed by atoms with Gasteiger partial charge in [0.15, 0.2) is 0 Å². The number of fused-ring (bicyclic) bond motifs is 1. The molecule has 0 saturated heterocycles. The van der Waals surface area contributed by atoms with E-state index in [0.29, 0.717) is 11.2 Å². The summed E-state index contributed by atoms with van der Waals surface area (Å²) >= 11 is 4.99. The molecule has 0 aliphatic carbocycles. The van der Waals surface area contributed by atoms with Crippen LogP contribution >= 0.6 is 34.4 Å². The topological polar surface area (TPSA) is 57.8 Å². The Hall–Kier alpha value is -1.93. The van der Waals surface area contributed by atoms with E-state index in [9.17, 15) is 4.79 Å². The maximum Gasteiger partial charge on any atom is 0.260 e. The predicted octanol–water partition coefficient (Wildman–Crippen LogP) is 5.46. The molecule has 1 atom stereocenters. The van der Waals surface area contributed by atoms with Crippen molar-refractivity contribution in [2.45, 2.75) is 24.8 Å². The van der Waals surface area contributed by atoms with Gasteiger partial charge < -0.3 is 10.3 Å². The van der Waals surface area contributed by atoms with E-state index in [0.717, 1.165) is 27.6 Å². The van der Waals surface area contributed by atoms with Crippen LogP contribution in [0.15, 0.2) is 56.8 Å². The Morgan fingerprint density at radius 3 is 2.79 bits per heavy atom. The second-order valence-electron chi connectivity index (χ2n) is 6.60. The molecule has 0 saturated carbocycles. The van der Waals surface area contributed by atoms with Crippen LogP contribution in [0.3, 0.4) is 0 Å². The zero-order valence-corrected chi connectivity index (χ0v) is 18.1. The van der Waals surface area contributed by atoms with Gasteiger partial charge in [-0.05, 0) is 37.4 Å². The average Bonchev–Trinajstić information content (AvgIpc) is 3.36. The lowest BCUT2D eigenvalue weighted by atomic mass is 10.2. The highest BCUT2D eigenvalue weighted by atomic mass is 32.2. The Labute approximate surface area is 176 Å². The first-order valence-corrected chi connectivity index (χ1v) is 11.8. The molecule has 144 valence electrons. The number of aromatic amines is 1. The van der Waals surface area contributed by atoms with Crippen LogP contribution in [0.25, 0.3) is 20.7 Å². The van der Waals surface area contributed by atoms with Gasteiger partial charge in [0, 0.05) is 33.0 Å². The van der Waals surface area contributed by atoms with Gasteiger partial charge in [0.25, 0.3) is 5.56 Å². The van der Waals surface area contributed by atoms with Gasteiger partial charge in [0.2, 0.25) is 0 Å². The predicted molar refractivity (Wildman–Crippen MR) is 122 cm³/mol. The number of benzene rings is 1. The van der Waals surface area contributed by atoms with E-state index in [4.69, 9.17) is 4.98 Å². The van der Waals surface area contributed by atoms with E-state index in [1.165, 1.54) is 21.8 Å². The number of hydrogen-bond acceptors (Lipinski definition) is 6. The minimum atomic E-state index is -0.0627. The van der Waals surface area contributed by atoms with Crippen molar-refractivity contribution in [2.75, 3.05) is 12.3 Å². The maximum absolute atomic E-state index is 12.7. The standard InChI is InChI=1S/C21H21N3OS3/c1-13-5-7-15(8-6-13)26-11-9-22-14(2)19-23-20(25)18-16(12-28-21(18)24-19)17-4-3-10-27-17/h3-8,10,12,14,22H,9,11H2,1-2H3,(H,23,24,25)/t14-/m0/s1. The van der Waals surface area contributed by atoms with Crippen molar-refractivity contribution in [3.05, 3.63) is 68.9 Å². The molecule has 7 heteroatoms. The number of rotatable bonds is 7. The van der Waals surface area contributed by atoms with Crippen molar-refractivity contribution in [1.82, 2.24) is 15.3 Å². The minimum Gasteiger partial charge on any atom is -0.309 e. The number of aryl methyl sites for hydroxylation is 1. The molecule has 0 bridgehead atoms. The van der Waals surface area contributed by atoms with Crippen LogP contribution in [0, 0.1) is 6.92 Å². The van der Waals surface area contributed by atoms with Crippen LogP contribution in [0.5, 0.6) is 0 Å². The summed E-state index contributed by atoms with van der Waals surface area (Å²) in [6, 6.07) is 12.6. The summed E-state index contributed by atoms with van der Waals surface area (Å²) in [6.45, 7) is 4.97.